The SMILES string of the molecule is Cc1cccc(-c2cc(Br)c3c(c2)C=CC3C)c1C. The van der Waals surface area contributed by atoms with Crippen LogP contribution in [0.5, 0.6) is 0 Å². The first-order valence-corrected chi connectivity index (χ1v) is 7.45. The van der Waals surface area contributed by atoms with Gasteiger partial charge in [-0.3, -0.25) is 0 Å². The molecule has 0 saturated heterocycles. The number of benzene rings is 2. The van der Waals surface area contributed by atoms with Gasteiger partial charge >= 0.3 is 0 Å². The summed E-state index contributed by atoms with van der Waals surface area (Å²) in [4.78, 5) is 0. The van der Waals surface area contributed by atoms with Gasteiger partial charge in [-0.1, -0.05) is 53.2 Å². The van der Waals surface area contributed by atoms with Crippen LogP contribution in [-0.2, 0) is 0 Å². The molecule has 1 atom stereocenters. The molecule has 0 amide bonds. The highest BCUT2D eigenvalue weighted by atomic mass is 79.9. The lowest BCUT2D eigenvalue weighted by atomic mass is 9.93. The molecule has 0 aromatic heterocycles. The minimum atomic E-state index is 0.511. The largest absolute Gasteiger partial charge is 0.0766 e. The van der Waals surface area contributed by atoms with Gasteiger partial charge in [-0.05, 0) is 59.4 Å². The Morgan fingerprint density at radius 1 is 1.11 bits per heavy atom. The Bertz CT molecular complexity index is 680. The van der Waals surface area contributed by atoms with E-state index in [0.717, 1.165) is 0 Å². The average Bonchev–Trinajstić information content (AvgIpc) is 2.75. The third-order valence-electron chi connectivity index (χ3n) is 4.10. The van der Waals surface area contributed by atoms with E-state index in [2.05, 4.69) is 79.2 Å². The molecule has 0 bridgehead atoms. The predicted octanol–water partition coefficient (Wildman–Crippen LogP) is 5.86. The number of fused-ring (bicyclic) bond motifs is 1. The van der Waals surface area contributed by atoms with Crippen molar-refractivity contribution in [2.24, 2.45) is 0 Å². The third-order valence-corrected chi connectivity index (χ3v) is 4.75. The van der Waals surface area contributed by atoms with Crippen LogP contribution >= 0.6 is 15.9 Å². The van der Waals surface area contributed by atoms with Crippen LogP contribution in [0.1, 0.15) is 35.1 Å². The average molecular weight is 313 g/mol. The Morgan fingerprint density at radius 2 is 1.89 bits per heavy atom. The summed E-state index contributed by atoms with van der Waals surface area (Å²) >= 11 is 3.74. The molecule has 19 heavy (non-hydrogen) atoms. The van der Waals surface area contributed by atoms with Crippen LogP contribution in [0, 0.1) is 13.8 Å². The van der Waals surface area contributed by atoms with Gasteiger partial charge in [0, 0.05) is 10.4 Å². The van der Waals surface area contributed by atoms with Crippen LogP contribution in [0.4, 0.5) is 0 Å². The van der Waals surface area contributed by atoms with Crippen molar-refractivity contribution in [1.29, 1.82) is 0 Å². The molecule has 1 aliphatic carbocycles. The monoisotopic (exact) mass is 312 g/mol. The van der Waals surface area contributed by atoms with Gasteiger partial charge in [-0.2, -0.15) is 0 Å². The second kappa shape index (κ2) is 4.64. The quantitative estimate of drug-likeness (QED) is 0.618. The second-order valence-corrected chi connectivity index (χ2v) is 6.21. The molecular formula is C18H17Br. The highest BCUT2D eigenvalue weighted by molar-refractivity contribution is 9.10. The van der Waals surface area contributed by atoms with E-state index in [-0.39, 0.29) is 0 Å². The summed E-state index contributed by atoms with van der Waals surface area (Å²) in [6.45, 7) is 6.61. The molecule has 0 heterocycles. The summed E-state index contributed by atoms with van der Waals surface area (Å²) < 4.78 is 1.22. The van der Waals surface area contributed by atoms with Crippen LogP contribution in [0.15, 0.2) is 40.9 Å². The van der Waals surface area contributed by atoms with Crippen LogP contribution in [-0.4, -0.2) is 0 Å². The van der Waals surface area contributed by atoms with Gasteiger partial charge in [0.15, 0.2) is 0 Å². The van der Waals surface area contributed by atoms with E-state index in [0.29, 0.717) is 5.92 Å². The number of rotatable bonds is 1. The maximum absolute atomic E-state index is 3.74. The molecular weight excluding hydrogens is 296 g/mol. The van der Waals surface area contributed by atoms with E-state index in [9.17, 15) is 0 Å². The van der Waals surface area contributed by atoms with Crippen molar-refractivity contribution in [2.75, 3.05) is 0 Å². The first-order valence-electron chi connectivity index (χ1n) is 6.66. The molecule has 2 aromatic carbocycles. The number of hydrogen-bond donors (Lipinski definition) is 0. The molecule has 1 aliphatic rings. The smallest absolute Gasteiger partial charge is 0.0225 e. The van der Waals surface area contributed by atoms with Crippen molar-refractivity contribution in [3.8, 4) is 11.1 Å². The lowest BCUT2D eigenvalue weighted by Crippen LogP contribution is -1.93. The summed E-state index contributed by atoms with van der Waals surface area (Å²) in [5.41, 5.74) is 8.09. The van der Waals surface area contributed by atoms with Crippen molar-refractivity contribution in [3.63, 3.8) is 0 Å². The fourth-order valence-corrected chi connectivity index (χ4v) is 3.66. The summed E-state index contributed by atoms with van der Waals surface area (Å²) in [6.07, 6.45) is 4.50. The first kappa shape index (κ1) is 12.7. The van der Waals surface area contributed by atoms with Gasteiger partial charge in [0.2, 0.25) is 0 Å². The van der Waals surface area contributed by atoms with Gasteiger partial charge in [-0.15, -0.1) is 0 Å². The summed E-state index contributed by atoms with van der Waals surface area (Å²) in [6, 6.07) is 11.1. The minimum Gasteiger partial charge on any atom is -0.0766 e. The molecule has 0 saturated carbocycles. The maximum atomic E-state index is 3.74. The fraction of sp³-hybridized carbons (Fsp3) is 0.222. The van der Waals surface area contributed by atoms with Crippen molar-refractivity contribution >= 4 is 22.0 Å². The molecule has 0 spiro atoms. The van der Waals surface area contributed by atoms with Crippen LogP contribution in [0.2, 0.25) is 0 Å². The van der Waals surface area contributed by atoms with Gasteiger partial charge in [0.05, 0.1) is 0 Å². The van der Waals surface area contributed by atoms with Crippen LogP contribution in [0.25, 0.3) is 17.2 Å². The third kappa shape index (κ3) is 2.06. The highest BCUT2D eigenvalue weighted by Gasteiger charge is 2.18. The number of allylic oxidation sites excluding steroid dienone is 1. The zero-order valence-electron chi connectivity index (χ0n) is 11.5. The second-order valence-electron chi connectivity index (χ2n) is 5.36. The minimum absolute atomic E-state index is 0.511. The first-order chi connectivity index (χ1) is 9.08. The van der Waals surface area contributed by atoms with E-state index >= 15 is 0 Å². The Labute approximate surface area is 123 Å². The Morgan fingerprint density at radius 3 is 2.68 bits per heavy atom. The van der Waals surface area contributed by atoms with Crippen molar-refractivity contribution in [1.82, 2.24) is 0 Å². The fourth-order valence-electron chi connectivity index (χ4n) is 2.82. The molecule has 2 aromatic rings. The lowest BCUT2D eigenvalue weighted by molar-refractivity contribution is 0.982. The van der Waals surface area contributed by atoms with Crippen molar-refractivity contribution in [2.45, 2.75) is 26.7 Å². The van der Waals surface area contributed by atoms with E-state index in [1.807, 2.05) is 0 Å². The Hall–Kier alpha value is -1.34. The topological polar surface area (TPSA) is 0 Å². The number of halogens is 1. The van der Waals surface area contributed by atoms with Crippen molar-refractivity contribution in [3.05, 3.63) is 63.1 Å². The zero-order chi connectivity index (χ0) is 13.6. The standard InChI is InChI=1S/C18H17Br/c1-11-5-4-6-16(13(11)3)15-9-14-8-7-12(2)18(14)17(19)10-15/h4-10,12H,1-3H3. The van der Waals surface area contributed by atoms with E-state index in [4.69, 9.17) is 0 Å². The predicted molar refractivity (Wildman–Crippen MR) is 86.5 cm³/mol. The summed E-state index contributed by atoms with van der Waals surface area (Å²) in [7, 11) is 0. The maximum Gasteiger partial charge on any atom is 0.0225 e. The Kier molecular flexibility index (Phi) is 3.10. The molecule has 96 valence electrons. The van der Waals surface area contributed by atoms with E-state index in [1.54, 1.807) is 0 Å². The molecule has 1 heteroatoms. The number of aryl methyl sites for hydroxylation is 1. The van der Waals surface area contributed by atoms with Crippen molar-refractivity contribution < 1.29 is 0 Å². The normalized spacial score (nSPS) is 16.7. The Balaban J connectivity index is 2.20. The van der Waals surface area contributed by atoms with Gasteiger partial charge in [0.1, 0.15) is 0 Å². The highest BCUT2D eigenvalue weighted by Crippen LogP contribution is 2.39. The molecule has 0 N–H and O–H groups in total. The molecule has 3 rings (SSSR count). The summed E-state index contributed by atoms with van der Waals surface area (Å²) in [5, 5.41) is 0. The van der Waals surface area contributed by atoms with E-state index < -0.39 is 0 Å². The van der Waals surface area contributed by atoms with Gasteiger partial charge in [-0.25, -0.2) is 0 Å². The van der Waals surface area contributed by atoms with Gasteiger partial charge in [0.25, 0.3) is 0 Å². The van der Waals surface area contributed by atoms with Gasteiger partial charge < -0.3 is 0 Å². The van der Waals surface area contributed by atoms with Crippen LogP contribution < -0.4 is 0 Å². The zero-order valence-corrected chi connectivity index (χ0v) is 13.1. The van der Waals surface area contributed by atoms with Crippen LogP contribution in [0.3, 0.4) is 0 Å². The molecule has 1 unspecified atom stereocenters. The summed E-state index contributed by atoms with van der Waals surface area (Å²) in [5.74, 6) is 0.511. The molecule has 0 nitrogen and oxygen atoms in total. The molecule has 0 fully saturated rings. The molecule has 0 radical (unpaired) electrons. The number of hydrogen-bond acceptors (Lipinski definition) is 0. The molecule has 0 aliphatic heterocycles. The van der Waals surface area contributed by atoms with E-state index in [1.165, 1.54) is 37.9 Å². The lowest BCUT2D eigenvalue weighted by Gasteiger charge is -2.13.